The molecule has 1 atom stereocenters. The molecule has 22 heavy (non-hydrogen) atoms. The van der Waals surface area contributed by atoms with Crippen molar-refractivity contribution in [3.8, 4) is 0 Å². The highest BCUT2D eigenvalue weighted by atomic mass is 16.6. The third-order valence-corrected chi connectivity index (χ3v) is 4.62. The van der Waals surface area contributed by atoms with Crippen LogP contribution in [0.5, 0.6) is 0 Å². The van der Waals surface area contributed by atoms with Crippen LogP contribution in [0.4, 0.5) is 0 Å². The zero-order valence-electron chi connectivity index (χ0n) is 12.6. The average Bonchev–Trinajstić information content (AvgIpc) is 3.05. The Bertz CT molecular complexity index is 755. The Kier molecular flexibility index (Phi) is 2.69. The number of fused-ring (bicyclic) bond motifs is 2. The molecule has 2 amide bonds. The maximum absolute atomic E-state index is 12.5. The predicted molar refractivity (Wildman–Crippen MR) is 82.9 cm³/mol. The largest absolute Gasteiger partial charge is 0.367 e. The monoisotopic (exact) mass is 295 g/mol. The van der Waals surface area contributed by atoms with Crippen LogP contribution in [-0.2, 0) is 4.74 Å². The molecule has 2 aliphatic heterocycles. The normalized spacial score (nSPS) is 22.3. The molecule has 0 aromatic heterocycles. The van der Waals surface area contributed by atoms with Gasteiger partial charge in [0, 0.05) is 6.54 Å². The molecule has 4 heteroatoms. The van der Waals surface area contributed by atoms with E-state index < -0.39 is 0 Å². The van der Waals surface area contributed by atoms with E-state index in [1.54, 1.807) is 0 Å². The highest BCUT2D eigenvalue weighted by molar-refractivity contribution is 6.23. The average molecular weight is 295 g/mol. The second kappa shape index (κ2) is 4.40. The summed E-state index contributed by atoms with van der Waals surface area (Å²) in [5.41, 5.74) is 0.909. The first kappa shape index (κ1) is 13.5. The molecule has 0 N–H and O–H groups in total. The molecule has 0 radical (unpaired) electrons. The van der Waals surface area contributed by atoms with E-state index in [1.165, 1.54) is 4.90 Å². The summed E-state index contributed by atoms with van der Waals surface area (Å²) in [6, 6.07) is 11.4. The topological polar surface area (TPSA) is 49.9 Å². The van der Waals surface area contributed by atoms with Gasteiger partial charge >= 0.3 is 0 Å². The Balaban J connectivity index is 1.63. The van der Waals surface area contributed by atoms with E-state index in [-0.39, 0.29) is 23.5 Å². The number of amides is 2. The van der Waals surface area contributed by atoms with E-state index in [2.05, 4.69) is 0 Å². The van der Waals surface area contributed by atoms with Crippen LogP contribution in [0.1, 0.15) is 41.0 Å². The van der Waals surface area contributed by atoms with Gasteiger partial charge in [-0.3, -0.25) is 14.5 Å². The first-order valence-electron chi connectivity index (χ1n) is 7.54. The van der Waals surface area contributed by atoms with Crippen LogP contribution in [0.2, 0.25) is 0 Å². The van der Waals surface area contributed by atoms with Crippen LogP contribution < -0.4 is 0 Å². The van der Waals surface area contributed by atoms with Gasteiger partial charge in [0.1, 0.15) is 0 Å². The molecule has 0 saturated carbocycles. The summed E-state index contributed by atoms with van der Waals surface area (Å²) in [7, 11) is 0. The van der Waals surface area contributed by atoms with Gasteiger partial charge in [-0.25, -0.2) is 0 Å². The quantitative estimate of drug-likeness (QED) is 0.646. The Labute approximate surface area is 128 Å². The van der Waals surface area contributed by atoms with Gasteiger partial charge in [-0.05, 0) is 43.2 Å². The van der Waals surface area contributed by atoms with Crippen molar-refractivity contribution in [1.29, 1.82) is 0 Å². The Morgan fingerprint density at radius 3 is 2.00 bits per heavy atom. The molecule has 4 rings (SSSR count). The third kappa shape index (κ3) is 1.95. The van der Waals surface area contributed by atoms with Crippen LogP contribution in [-0.4, -0.2) is 35.0 Å². The number of carbonyl (C=O) groups is 2. The van der Waals surface area contributed by atoms with Gasteiger partial charge < -0.3 is 4.74 Å². The molecule has 0 spiro atoms. The summed E-state index contributed by atoms with van der Waals surface area (Å²) in [4.78, 5) is 26.4. The number of ether oxygens (including phenoxy) is 1. The first-order valence-corrected chi connectivity index (χ1v) is 7.54. The van der Waals surface area contributed by atoms with Gasteiger partial charge in [0.25, 0.3) is 11.8 Å². The zero-order chi connectivity index (χ0) is 15.5. The SMILES string of the molecule is CC1(C)OC1CCN1C(=O)c2cc3ccccc3cc2C1=O. The highest BCUT2D eigenvalue weighted by Crippen LogP contribution is 2.38. The first-order chi connectivity index (χ1) is 10.5. The molecule has 4 nitrogen and oxygen atoms in total. The van der Waals surface area contributed by atoms with Crippen molar-refractivity contribution in [3.05, 3.63) is 47.5 Å². The number of hydrogen-bond acceptors (Lipinski definition) is 3. The molecule has 2 aromatic rings. The van der Waals surface area contributed by atoms with E-state index in [9.17, 15) is 9.59 Å². The lowest BCUT2D eigenvalue weighted by molar-refractivity contribution is 0.0649. The van der Waals surface area contributed by atoms with Crippen molar-refractivity contribution in [2.75, 3.05) is 6.54 Å². The van der Waals surface area contributed by atoms with Gasteiger partial charge in [-0.1, -0.05) is 24.3 Å². The Morgan fingerprint density at radius 1 is 1.05 bits per heavy atom. The molecule has 2 aliphatic rings. The molecule has 0 bridgehead atoms. The minimum Gasteiger partial charge on any atom is -0.367 e. The molecular formula is C18H17NO3. The third-order valence-electron chi connectivity index (χ3n) is 4.62. The summed E-state index contributed by atoms with van der Waals surface area (Å²) < 4.78 is 5.53. The molecule has 112 valence electrons. The molecule has 1 unspecified atom stereocenters. The fraction of sp³-hybridized carbons (Fsp3) is 0.333. The van der Waals surface area contributed by atoms with Crippen molar-refractivity contribution in [2.45, 2.75) is 32.0 Å². The van der Waals surface area contributed by atoms with Gasteiger partial charge in [0.15, 0.2) is 0 Å². The number of hydrogen-bond donors (Lipinski definition) is 0. The maximum atomic E-state index is 12.5. The highest BCUT2D eigenvalue weighted by Gasteiger charge is 2.48. The van der Waals surface area contributed by atoms with Crippen molar-refractivity contribution in [3.63, 3.8) is 0 Å². The van der Waals surface area contributed by atoms with Crippen LogP contribution >= 0.6 is 0 Å². The fourth-order valence-corrected chi connectivity index (χ4v) is 3.17. The molecule has 1 saturated heterocycles. The Morgan fingerprint density at radius 2 is 1.55 bits per heavy atom. The molecule has 1 fully saturated rings. The second-order valence-electron chi connectivity index (χ2n) is 6.51. The maximum Gasteiger partial charge on any atom is 0.261 e. The lowest BCUT2D eigenvalue weighted by atomic mass is 10.0. The van der Waals surface area contributed by atoms with Crippen molar-refractivity contribution >= 4 is 22.6 Å². The van der Waals surface area contributed by atoms with Gasteiger partial charge in [0.05, 0.1) is 22.8 Å². The summed E-state index contributed by atoms with van der Waals surface area (Å²) in [5.74, 6) is -0.381. The summed E-state index contributed by atoms with van der Waals surface area (Å²) >= 11 is 0. The zero-order valence-corrected chi connectivity index (χ0v) is 12.6. The van der Waals surface area contributed by atoms with E-state index in [4.69, 9.17) is 4.74 Å². The minimum atomic E-state index is -0.191. The van der Waals surface area contributed by atoms with Crippen LogP contribution in [0, 0.1) is 0 Å². The van der Waals surface area contributed by atoms with E-state index in [0.717, 1.165) is 10.8 Å². The van der Waals surface area contributed by atoms with Crippen molar-refractivity contribution < 1.29 is 14.3 Å². The number of imide groups is 1. The van der Waals surface area contributed by atoms with Gasteiger partial charge in [0.2, 0.25) is 0 Å². The van der Waals surface area contributed by atoms with E-state index >= 15 is 0 Å². The number of nitrogens with zero attached hydrogens (tertiary/aromatic N) is 1. The van der Waals surface area contributed by atoms with Crippen LogP contribution in [0.15, 0.2) is 36.4 Å². The summed E-state index contributed by atoms with van der Waals surface area (Å²) in [6.45, 7) is 4.45. The second-order valence-corrected chi connectivity index (χ2v) is 6.51. The van der Waals surface area contributed by atoms with Crippen molar-refractivity contribution in [2.24, 2.45) is 0 Å². The standard InChI is InChI=1S/C18H17NO3/c1-18(2)15(22-18)7-8-19-16(20)13-9-11-5-3-4-6-12(11)10-14(13)17(19)21/h3-6,9-10,15H,7-8H2,1-2H3. The Hall–Kier alpha value is -2.20. The molecule has 0 aliphatic carbocycles. The lowest BCUT2D eigenvalue weighted by Crippen LogP contribution is -2.31. The van der Waals surface area contributed by atoms with Crippen LogP contribution in [0.3, 0.4) is 0 Å². The van der Waals surface area contributed by atoms with Crippen LogP contribution in [0.25, 0.3) is 10.8 Å². The van der Waals surface area contributed by atoms with E-state index in [1.807, 2.05) is 50.2 Å². The smallest absolute Gasteiger partial charge is 0.261 e. The lowest BCUT2D eigenvalue weighted by Gasteiger charge is -2.12. The summed E-state index contributed by atoms with van der Waals surface area (Å²) in [5, 5.41) is 1.96. The number of carbonyl (C=O) groups excluding carboxylic acids is 2. The number of epoxide rings is 1. The molecular weight excluding hydrogens is 278 g/mol. The van der Waals surface area contributed by atoms with E-state index in [0.29, 0.717) is 24.1 Å². The summed E-state index contributed by atoms with van der Waals surface area (Å²) in [6.07, 6.45) is 0.828. The number of benzene rings is 2. The van der Waals surface area contributed by atoms with Crippen molar-refractivity contribution in [1.82, 2.24) is 4.90 Å². The molecule has 2 heterocycles. The van der Waals surface area contributed by atoms with Gasteiger partial charge in [-0.15, -0.1) is 0 Å². The predicted octanol–water partition coefficient (Wildman–Crippen LogP) is 3.00. The minimum absolute atomic E-state index is 0.118. The number of rotatable bonds is 3. The fourth-order valence-electron chi connectivity index (χ4n) is 3.17. The van der Waals surface area contributed by atoms with Gasteiger partial charge in [-0.2, -0.15) is 0 Å². The molecule has 2 aromatic carbocycles.